The summed E-state index contributed by atoms with van der Waals surface area (Å²) in [6.45, 7) is 0.882. The lowest BCUT2D eigenvalue weighted by atomic mass is 10.1. The zero-order valence-corrected chi connectivity index (χ0v) is 21.8. The molecule has 202 valence electrons. The first-order valence-electron chi connectivity index (χ1n) is 12.6. The van der Waals surface area contributed by atoms with Crippen LogP contribution in [0, 0.1) is 5.92 Å². The van der Waals surface area contributed by atoms with Crippen LogP contribution in [0.15, 0.2) is 30.9 Å². The van der Waals surface area contributed by atoms with E-state index in [2.05, 4.69) is 31.2 Å². The van der Waals surface area contributed by atoms with Gasteiger partial charge in [-0.05, 0) is 25.3 Å². The maximum absolute atomic E-state index is 12.9. The van der Waals surface area contributed by atoms with Gasteiger partial charge in [0.05, 0.1) is 5.69 Å². The van der Waals surface area contributed by atoms with Crippen molar-refractivity contribution in [3.8, 4) is 0 Å². The van der Waals surface area contributed by atoms with Crippen molar-refractivity contribution in [1.82, 2.24) is 34.3 Å². The van der Waals surface area contributed by atoms with E-state index in [1.165, 1.54) is 16.8 Å². The summed E-state index contributed by atoms with van der Waals surface area (Å²) in [4.78, 5) is 58.2. The number of hydrogen-bond acceptors (Lipinski definition) is 6. The summed E-state index contributed by atoms with van der Waals surface area (Å²) in [6, 6.07) is 1.54. The number of hydrogen-bond donors (Lipinski definition) is 4. The number of aromatic nitrogens is 5. The van der Waals surface area contributed by atoms with Crippen LogP contribution < -0.4 is 21.3 Å². The molecule has 13 heteroatoms. The largest absolute Gasteiger partial charge is 0.356 e. The number of carbonyl (C=O) groups excluding carboxylic acids is 4. The molecule has 3 aromatic heterocycles. The second kappa shape index (κ2) is 11.8. The summed E-state index contributed by atoms with van der Waals surface area (Å²) >= 11 is 0. The van der Waals surface area contributed by atoms with Gasteiger partial charge in [-0.1, -0.05) is 12.8 Å². The number of carbonyl (C=O) groups is 4. The molecule has 4 N–H and O–H groups in total. The van der Waals surface area contributed by atoms with Gasteiger partial charge in [0, 0.05) is 64.9 Å². The molecule has 38 heavy (non-hydrogen) atoms. The Morgan fingerprint density at radius 1 is 0.868 bits per heavy atom. The number of nitrogens with zero attached hydrogens (tertiary/aromatic N) is 5. The molecule has 0 aliphatic heterocycles. The molecule has 1 saturated carbocycles. The second-order valence-electron chi connectivity index (χ2n) is 9.44. The van der Waals surface area contributed by atoms with Gasteiger partial charge in [0.15, 0.2) is 11.6 Å². The standard InChI is InChI=1S/C25H33N9O4/c1-32-12-11-26-20(32)25(38)29-17-13-18(33(2)14-17)23(36)31-19-15-34(3)21(30-19)24(37)28-10-6-9-27-22(35)16-7-4-5-8-16/h11-16H,4-10H2,1-3H3,(H,27,35)(H,28,37)(H,29,38)(H,31,36). The fraction of sp³-hybridized carbons (Fsp3) is 0.440. The molecule has 0 aromatic carbocycles. The minimum atomic E-state index is -0.451. The van der Waals surface area contributed by atoms with Crippen LogP contribution in [-0.4, -0.2) is 60.4 Å². The summed E-state index contributed by atoms with van der Waals surface area (Å²) in [7, 11) is 5.05. The zero-order valence-electron chi connectivity index (χ0n) is 21.8. The van der Waals surface area contributed by atoms with Crippen molar-refractivity contribution in [1.29, 1.82) is 0 Å². The van der Waals surface area contributed by atoms with Crippen molar-refractivity contribution in [2.75, 3.05) is 23.7 Å². The number of nitrogens with one attached hydrogen (secondary N) is 4. The van der Waals surface area contributed by atoms with Gasteiger partial charge < -0.3 is 35.0 Å². The Balaban J connectivity index is 1.27. The lowest BCUT2D eigenvalue weighted by molar-refractivity contribution is -0.124. The first-order valence-corrected chi connectivity index (χ1v) is 12.6. The highest BCUT2D eigenvalue weighted by Crippen LogP contribution is 2.24. The Hall–Kier alpha value is -4.42. The molecule has 0 atom stereocenters. The van der Waals surface area contributed by atoms with Crippen molar-refractivity contribution in [3.63, 3.8) is 0 Å². The van der Waals surface area contributed by atoms with Gasteiger partial charge >= 0.3 is 0 Å². The molecule has 0 unspecified atom stereocenters. The van der Waals surface area contributed by atoms with Crippen LogP contribution in [0.25, 0.3) is 0 Å². The Kier molecular flexibility index (Phi) is 8.24. The lowest BCUT2D eigenvalue weighted by Gasteiger charge is -2.10. The number of amides is 4. The van der Waals surface area contributed by atoms with E-state index >= 15 is 0 Å². The summed E-state index contributed by atoms with van der Waals surface area (Å²) in [5.74, 6) is -0.408. The van der Waals surface area contributed by atoms with Crippen LogP contribution in [0.1, 0.15) is 63.8 Å². The predicted molar refractivity (Wildman–Crippen MR) is 140 cm³/mol. The normalized spacial score (nSPS) is 13.3. The maximum atomic E-state index is 12.9. The summed E-state index contributed by atoms with van der Waals surface area (Å²) in [5, 5.41) is 11.1. The zero-order chi connectivity index (χ0) is 27.2. The van der Waals surface area contributed by atoms with E-state index in [4.69, 9.17) is 0 Å². The van der Waals surface area contributed by atoms with Gasteiger partial charge in [-0.2, -0.15) is 0 Å². The van der Waals surface area contributed by atoms with Crippen molar-refractivity contribution < 1.29 is 19.2 Å². The molecule has 1 aliphatic carbocycles. The minimum Gasteiger partial charge on any atom is -0.356 e. The number of rotatable bonds is 10. The van der Waals surface area contributed by atoms with Crippen molar-refractivity contribution in [2.24, 2.45) is 27.1 Å². The molecular formula is C25H33N9O4. The molecule has 3 aromatic rings. The fourth-order valence-corrected chi connectivity index (χ4v) is 4.46. The van der Waals surface area contributed by atoms with Crippen LogP contribution in [0.2, 0.25) is 0 Å². The van der Waals surface area contributed by atoms with Crippen LogP contribution in [-0.2, 0) is 25.9 Å². The second-order valence-corrected chi connectivity index (χ2v) is 9.44. The van der Waals surface area contributed by atoms with Crippen molar-refractivity contribution in [3.05, 3.63) is 48.2 Å². The summed E-state index contributed by atoms with van der Waals surface area (Å²) in [5.41, 5.74) is 0.725. The highest BCUT2D eigenvalue weighted by molar-refractivity contribution is 6.06. The molecule has 4 amide bonds. The van der Waals surface area contributed by atoms with Gasteiger partial charge in [0.25, 0.3) is 17.7 Å². The quantitative estimate of drug-likeness (QED) is 0.295. The Bertz CT molecular complexity index is 1330. The van der Waals surface area contributed by atoms with Crippen LogP contribution in [0.5, 0.6) is 0 Å². The molecule has 1 fully saturated rings. The molecule has 0 bridgehead atoms. The minimum absolute atomic E-state index is 0.0964. The van der Waals surface area contributed by atoms with E-state index in [1.54, 1.807) is 48.9 Å². The molecule has 0 saturated heterocycles. The van der Waals surface area contributed by atoms with Crippen LogP contribution in [0.3, 0.4) is 0 Å². The van der Waals surface area contributed by atoms with E-state index in [-0.39, 0.29) is 40.9 Å². The average Bonchev–Trinajstić information content (AvgIpc) is 3.67. The number of aryl methyl sites for hydroxylation is 3. The SMILES string of the molecule is Cn1cc(NC(=O)c2nccn2C)cc1C(=O)Nc1cn(C)c(C(=O)NCCCNC(=O)C2CCCC2)n1. The third-order valence-electron chi connectivity index (χ3n) is 6.51. The monoisotopic (exact) mass is 523 g/mol. The van der Waals surface area contributed by atoms with E-state index in [9.17, 15) is 19.2 Å². The molecule has 1 aliphatic rings. The molecule has 3 heterocycles. The first-order chi connectivity index (χ1) is 18.2. The Morgan fingerprint density at radius 2 is 1.61 bits per heavy atom. The third kappa shape index (κ3) is 6.28. The summed E-state index contributed by atoms with van der Waals surface area (Å²) < 4.78 is 4.69. The van der Waals surface area contributed by atoms with E-state index in [0.29, 0.717) is 25.2 Å². The van der Waals surface area contributed by atoms with Gasteiger partial charge in [-0.15, -0.1) is 0 Å². The van der Waals surface area contributed by atoms with Crippen LogP contribution >= 0.6 is 0 Å². The molecule has 0 radical (unpaired) electrons. The fourth-order valence-electron chi connectivity index (χ4n) is 4.46. The Morgan fingerprint density at radius 3 is 2.32 bits per heavy atom. The van der Waals surface area contributed by atoms with E-state index < -0.39 is 11.8 Å². The predicted octanol–water partition coefficient (Wildman–Crippen LogP) is 1.42. The van der Waals surface area contributed by atoms with E-state index in [1.807, 2.05) is 0 Å². The van der Waals surface area contributed by atoms with Crippen molar-refractivity contribution >= 4 is 35.1 Å². The number of imidazole rings is 2. The van der Waals surface area contributed by atoms with Gasteiger partial charge in [-0.3, -0.25) is 19.2 Å². The van der Waals surface area contributed by atoms with Gasteiger partial charge in [0.2, 0.25) is 11.7 Å². The molecule has 4 rings (SSSR count). The molecule has 13 nitrogen and oxygen atoms in total. The molecular weight excluding hydrogens is 490 g/mol. The summed E-state index contributed by atoms with van der Waals surface area (Å²) in [6.07, 6.45) is 11.1. The molecule has 0 spiro atoms. The van der Waals surface area contributed by atoms with Gasteiger partial charge in [0.1, 0.15) is 5.69 Å². The first kappa shape index (κ1) is 26.6. The maximum Gasteiger partial charge on any atom is 0.291 e. The highest BCUT2D eigenvalue weighted by Gasteiger charge is 2.22. The third-order valence-corrected chi connectivity index (χ3v) is 6.51. The highest BCUT2D eigenvalue weighted by atomic mass is 16.2. The van der Waals surface area contributed by atoms with Gasteiger partial charge in [-0.25, -0.2) is 9.97 Å². The topological polar surface area (TPSA) is 157 Å². The van der Waals surface area contributed by atoms with Crippen molar-refractivity contribution in [2.45, 2.75) is 32.1 Å². The smallest absolute Gasteiger partial charge is 0.291 e. The average molecular weight is 524 g/mol. The van der Waals surface area contributed by atoms with Crippen LogP contribution in [0.4, 0.5) is 11.5 Å². The Labute approximate surface area is 220 Å². The lowest BCUT2D eigenvalue weighted by Crippen LogP contribution is -2.33. The number of anilines is 2. The van der Waals surface area contributed by atoms with E-state index in [0.717, 1.165) is 25.7 Å².